The summed E-state index contributed by atoms with van der Waals surface area (Å²) in [5.41, 5.74) is 3.59. The van der Waals surface area contributed by atoms with Gasteiger partial charge in [0.15, 0.2) is 0 Å². The zero-order valence-corrected chi connectivity index (χ0v) is 15.4. The van der Waals surface area contributed by atoms with Crippen LogP contribution in [0.25, 0.3) is 0 Å². The third-order valence-electron chi connectivity index (χ3n) is 3.97. The summed E-state index contributed by atoms with van der Waals surface area (Å²) in [5.74, 6) is 0.634. The molecule has 3 rings (SSSR count). The maximum Gasteiger partial charge on any atom is 0.269 e. The summed E-state index contributed by atoms with van der Waals surface area (Å²) in [5, 5.41) is 11.3. The zero-order valence-electron chi connectivity index (χ0n) is 14.6. The number of rotatable bonds is 6. The summed E-state index contributed by atoms with van der Waals surface area (Å²) < 4.78 is 5.88. The number of hydrogen-bond donors (Lipinski definition) is 0. The Balaban J connectivity index is 1.77. The smallest absolute Gasteiger partial charge is 0.269 e. The van der Waals surface area contributed by atoms with Gasteiger partial charge in [-0.05, 0) is 54.4 Å². The summed E-state index contributed by atoms with van der Waals surface area (Å²) in [6, 6.07) is 19.4. The molecule has 3 aromatic rings. The van der Waals surface area contributed by atoms with Gasteiger partial charge in [0.25, 0.3) is 5.69 Å². The minimum Gasteiger partial charge on any atom is -0.488 e. The second-order valence-electron chi connectivity index (χ2n) is 5.94. The van der Waals surface area contributed by atoms with Crippen molar-refractivity contribution in [2.45, 2.75) is 13.5 Å². The van der Waals surface area contributed by atoms with E-state index in [1.54, 1.807) is 36.5 Å². The Kier molecular flexibility index (Phi) is 5.84. The summed E-state index contributed by atoms with van der Waals surface area (Å²) in [6.07, 6.45) is 1.72. The van der Waals surface area contributed by atoms with E-state index in [0.29, 0.717) is 10.8 Å². The van der Waals surface area contributed by atoms with Crippen LogP contribution >= 0.6 is 11.6 Å². The molecule has 0 aliphatic carbocycles. The van der Waals surface area contributed by atoms with Gasteiger partial charge in [0.2, 0.25) is 0 Å². The standard InChI is InChI=1S/C21H17ClN2O3/c1-15-4-2-3-5-20(15)23-13-17-12-18(22)8-11-21(17)27-14-16-6-9-19(10-7-16)24(25)26/h2-13H,14H2,1H3. The molecule has 0 spiro atoms. The highest BCUT2D eigenvalue weighted by Gasteiger charge is 2.07. The molecule has 136 valence electrons. The van der Waals surface area contributed by atoms with Gasteiger partial charge >= 0.3 is 0 Å². The largest absolute Gasteiger partial charge is 0.488 e. The van der Waals surface area contributed by atoms with Crippen molar-refractivity contribution in [1.82, 2.24) is 0 Å². The fourth-order valence-electron chi connectivity index (χ4n) is 2.47. The Morgan fingerprint density at radius 1 is 1.11 bits per heavy atom. The van der Waals surface area contributed by atoms with Gasteiger partial charge in [-0.2, -0.15) is 0 Å². The summed E-state index contributed by atoms with van der Waals surface area (Å²) in [7, 11) is 0. The molecule has 0 heterocycles. The van der Waals surface area contributed by atoms with E-state index in [1.807, 2.05) is 31.2 Å². The van der Waals surface area contributed by atoms with E-state index in [2.05, 4.69) is 4.99 Å². The molecule has 5 nitrogen and oxygen atoms in total. The molecule has 0 aromatic heterocycles. The van der Waals surface area contributed by atoms with Crippen molar-refractivity contribution in [2.75, 3.05) is 0 Å². The van der Waals surface area contributed by atoms with E-state index >= 15 is 0 Å². The molecule has 0 bridgehead atoms. The molecule has 0 aliphatic heterocycles. The van der Waals surface area contributed by atoms with Gasteiger partial charge in [-0.15, -0.1) is 0 Å². The van der Waals surface area contributed by atoms with Crippen molar-refractivity contribution < 1.29 is 9.66 Å². The van der Waals surface area contributed by atoms with Crippen LogP contribution in [0.5, 0.6) is 5.75 Å². The number of benzene rings is 3. The van der Waals surface area contributed by atoms with E-state index in [1.165, 1.54) is 12.1 Å². The normalized spacial score (nSPS) is 10.9. The highest BCUT2D eigenvalue weighted by molar-refractivity contribution is 6.30. The molecule has 0 amide bonds. The van der Waals surface area contributed by atoms with Crippen LogP contribution in [0.2, 0.25) is 5.02 Å². The average Bonchev–Trinajstić information content (AvgIpc) is 2.67. The number of ether oxygens (including phenoxy) is 1. The number of aliphatic imine (C=N–C) groups is 1. The van der Waals surface area contributed by atoms with E-state index in [0.717, 1.165) is 22.4 Å². The molecule has 0 atom stereocenters. The van der Waals surface area contributed by atoms with Gasteiger partial charge in [-0.1, -0.05) is 29.8 Å². The maximum absolute atomic E-state index is 10.7. The van der Waals surface area contributed by atoms with E-state index in [4.69, 9.17) is 16.3 Å². The van der Waals surface area contributed by atoms with Crippen LogP contribution in [0.1, 0.15) is 16.7 Å². The number of nitrogens with zero attached hydrogens (tertiary/aromatic N) is 2. The fraction of sp³-hybridized carbons (Fsp3) is 0.0952. The van der Waals surface area contributed by atoms with Crippen molar-refractivity contribution in [2.24, 2.45) is 4.99 Å². The molecule has 0 N–H and O–H groups in total. The van der Waals surface area contributed by atoms with Gasteiger partial charge in [-0.3, -0.25) is 15.1 Å². The average molecular weight is 381 g/mol. The molecule has 0 unspecified atom stereocenters. The van der Waals surface area contributed by atoms with Crippen LogP contribution in [0, 0.1) is 17.0 Å². The molecule has 3 aromatic carbocycles. The number of non-ortho nitro benzene ring substituents is 1. The predicted molar refractivity (Wildman–Crippen MR) is 107 cm³/mol. The first-order valence-corrected chi connectivity index (χ1v) is 8.66. The second kappa shape index (κ2) is 8.47. The Labute approximate surface area is 162 Å². The molecule has 6 heteroatoms. The van der Waals surface area contributed by atoms with Crippen LogP contribution in [-0.4, -0.2) is 11.1 Å². The first kappa shape index (κ1) is 18.6. The number of nitro groups is 1. The summed E-state index contributed by atoms with van der Waals surface area (Å²) >= 11 is 6.11. The van der Waals surface area contributed by atoms with Gasteiger partial charge in [0.05, 0.1) is 10.6 Å². The first-order valence-electron chi connectivity index (χ1n) is 8.28. The molecule has 0 aliphatic rings. The highest BCUT2D eigenvalue weighted by atomic mass is 35.5. The lowest BCUT2D eigenvalue weighted by Gasteiger charge is -2.10. The minimum absolute atomic E-state index is 0.0521. The Hall–Kier alpha value is -3.18. The second-order valence-corrected chi connectivity index (χ2v) is 6.38. The van der Waals surface area contributed by atoms with Crippen LogP contribution < -0.4 is 4.74 Å². The van der Waals surface area contributed by atoms with E-state index in [9.17, 15) is 10.1 Å². The fourth-order valence-corrected chi connectivity index (χ4v) is 2.65. The quantitative estimate of drug-likeness (QED) is 0.304. The lowest BCUT2D eigenvalue weighted by Crippen LogP contribution is -1.99. The number of aryl methyl sites for hydroxylation is 1. The number of halogens is 1. The van der Waals surface area contributed by atoms with E-state index in [-0.39, 0.29) is 12.3 Å². The van der Waals surface area contributed by atoms with Crippen LogP contribution in [0.15, 0.2) is 71.7 Å². The molecule has 0 fully saturated rings. The van der Waals surface area contributed by atoms with Crippen molar-refractivity contribution in [3.63, 3.8) is 0 Å². The predicted octanol–water partition coefficient (Wildman–Crippen LogP) is 5.89. The lowest BCUT2D eigenvalue weighted by molar-refractivity contribution is -0.384. The third-order valence-corrected chi connectivity index (χ3v) is 4.21. The lowest BCUT2D eigenvalue weighted by atomic mass is 10.2. The zero-order chi connectivity index (χ0) is 19.2. The van der Waals surface area contributed by atoms with Crippen LogP contribution in [0.4, 0.5) is 11.4 Å². The Morgan fingerprint density at radius 2 is 1.85 bits per heavy atom. The van der Waals surface area contributed by atoms with Gasteiger partial charge < -0.3 is 4.74 Å². The monoisotopic (exact) mass is 380 g/mol. The van der Waals surface area contributed by atoms with Gasteiger partial charge in [0, 0.05) is 28.9 Å². The number of para-hydroxylation sites is 1. The maximum atomic E-state index is 10.7. The first-order chi connectivity index (χ1) is 13.0. The molecule has 0 saturated carbocycles. The van der Waals surface area contributed by atoms with E-state index < -0.39 is 4.92 Å². The molecule has 0 saturated heterocycles. The van der Waals surface area contributed by atoms with Gasteiger partial charge in [-0.25, -0.2) is 0 Å². The van der Waals surface area contributed by atoms with Crippen molar-refractivity contribution in [3.8, 4) is 5.75 Å². The van der Waals surface area contributed by atoms with Crippen molar-refractivity contribution in [1.29, 1.82) is 0 Å². The van der Waals surface area contributed by atoms with Crippen molar-refractivity contribution in [3.05, 3.63) is 98.6 Å². The van der Waals surface area contributed by atoms with Crippen molar-refractivity contribution >= 4 is 29.2 Å². The number of nitro benzene ring substituents is 1. The topological polar surface area (TPSA) is 64.7 Å². The van der Waals surface area contributed by atoms with Crippen LogP contribution in [-0.2, 0) is 6.61 Å². The minimum atomic E-state index is -0.427. The molecule has 0 radical (unpaired) electrons. The SMILES string of the molecule is Cc1ccccc1N=Cc1cc(Cl)ccc1OCc1ccc([N+](=O)[O-])cc1. The number of hydrogen-bond acceptors (Lipinski definition) is 4. The summed E-state index contributed by atoms with van der Waals surface area (Å²) in [4.78, 5) is 14.8. The Morgan fingerprint density at radius 3 is 2.56 bits per heavy atom. The third kappa shape index (κ3) is 4.92. The highest BCUT2D eigenvalue weighted by Crippen LogP contribution is 2.24. The molecular formula is C21H17ClN2O3. The molecular weight excluding hydrogens is 364 g/mol. The Bertz CT molecular complexity index is 985. The summed E-state index contributed by atoms with van der Waals surface area (Å²) in [6.45, 7) is 2.28. The van der Waals surface area contributed by atoms with Crippen LogP contribution in [0.3, 0.4) is 0 Å². The van der Waals surface area contributed by atoms with Gasteiger partial charge in [0.1, 0.15) is 12.4 Å². The molecule has 27 heavy (non-hydrogen) atoms.